The van der Waals surface area contributed by atoms with Crippen LogP contribution >= 0.6 is 0 Å². The van der Waals surface area contributed by atoms with Gasteiger partial charge in [-0.15, -0.1) is 0 Å². The van der Waals surface area contributed by atoms with Crippen molar-refractivity contribution in [2.75, 3.05) is 0 Å². The van der Waals surface area contributed by atoms with Crippen molar-refractivity contribution in [2.24, 2.45) is 4.99 Å². The first-order chi connectivity index (χ1) is 17.2. The second-order valence-electron chi connectivity index (χ2n) is 9.65. The second kappa shape index (κ2) is 7.38. The van der Waals surface area contributed by atoms with E-state index in [1.165, 1.54) is 55.6 Å². The highest BCUT2D eigenvalue weighted by molar-refractivity contribution is 6.20. The maximum atomic E-state index is 5.43. The molecule has 1 heterocycles. The van der Waals surface area contributed by atoms with Gasteiger partial charge in [-0.3, -0.25) is 4.99 Å². The van der Waals surface area contributed by atoms with Crippen LogP contribution in [0.25, 0.3) is 22.3 Å². The summed E-state index contributed by atoms with van der Waals surface area (Å²) in [7, 11) is 0. The highest BCUT2D eigenvalue weighted by Gasteiger charge is 2.53. The number of hydrogen-bond acceptors (Lipinski definition) is 1. The van der Waals surface area contributed by atoms with Crippen molar-refractivity contribution in [1.29, 1.82) is 0 Å². The quantitative estimate of drug-likeness (QED) is 0.257. The van der Waals surface area contributed by atoms with E-state index >= 15 is 0 Å². The predicted molar refractivity (Wildman–Crippen MR) is 146 cm³/mol. The number of fused-ring (bicyclic) bond motifs is 7. The van der Waals surface area contributed by atoms with Gasteiger partial charge in [0.1, 0.15) is 0 Å². The molecule has 166 valence electrons. The standard InChI is InChI=1S/C34H25N/c1-22-17-20-30-32(23(22)2)35-33(25-13-7-4-8-14-25)34(30)29-16-10-9-15-27(29)28-19-18-26(21-31(28)34)24-11-5-3-6-12-24/h3-21H,1-2H3. The van der Waals surface area contributed by atoms with Crippen LogP contribution in [0.4, 0.5) is 5.69 Å². The Morgan fingerprint density at radius 1 is 0.514 bits per heavy atom. The van der Waals surface area contributed by atoms with Gasteiger partial charge >= 0.3 is 0 Å². The lowest BCUT2D eigenvalue weighted by Crippen LogP contribution is -2.34. The van der Waals surface area contributed by atoms with Crippen LogP contribution in [0, 0.1) is 13.8 Å². The summed E-state index contributed by atoms with van der Waals surface area (Å²) in [6.07, 6.45) is 0. The maximum absolute atomic E-state index is 5.43. The minimum Gasteiger partial charge on any atom is -0.251 e. The molecule has 1 atom stereocenters. The Bertz CT molecular complexity index is 1640. The average Bonchev–Trinajstić information content (AvgIpc) is 3.42. The van der Waals surface area contributed by atoms with Gasteiger partial charge in [-0.1, -0.05) is 109 Å². The van der Waals surface area contributed by atoms with Crippen molar-refractivity contribution in [2.45, 2.75) is 19.3 Å². The number of aryl methyl sites for hydroxylation is 1. The zero-order chi connectivity index (χ0) is 23.6. The van der Waals surface area contributed by atoms with Crippen molar-refractivity contribution in [3.05, 3.63) is 149 Å². The average molecular weight is 448 g/mol. The smallest absolute Gasteiger partial charge is 0.0913 e. The van der Waals surface area contributed by atoms with Gasteiger partial charge in [0.15, 0.2) is 0 Å². The summed E-state index contributed by atoms with van der Waals surface area (Å²) in [5.74, 6) is 0. The van der Waals surface area contributed by atoms with Gasteiger partial charge in [-0.05, 0) is 75.5 Å². The van der Waals surface area contributed by atoms with Gasteiger partial charge in [-0.2, -0.15) is 0 Å². The van der Waals surface area contributed by atoms with Crippen LogP contribution in [0.1, 0.15) is 33.4 Å². The summed E-state index contributed by atoms with van der Waals surface area (Å²) in [6.45, 7) is 4.39. The van der Waals surface area contributed by atoms with Crippen LogP contribution in [-0.2, 0) is 5.41 Å². The third-order valence-corrected chi connectivity index (χ3v) is 7.88. The molecule has 5 aromatic carbocycles. The number of nitrogens with zero attached hydrogens (tertiary/aromatic N) is 1. The molecule has 0 bridgehead atoms. The fraction of sp³-hybridized carbons (Fsp3) is 0.0882. The first-order valence-electron chi connectivity index (χ1n) is 12.2. The number of hydrogen-bond donors (Lipinski definition) is 0. The molecule has 0 saturated carbocycles. The Hall–Kier alpha value is -4.23. The van der Waals surface area contributed by atoms with Crippen molar-refractivity contribution in [3.63, 3.8) is 0 Å². The molecule has 7 rings (SSSR count). The fourth-order valence-corrected chi connectivity index (χ4v) is 6.08. The first-order valence-corrected chi connectivity index (χ1v) is 12.2. The van der Waals surface area contributed by atoms with E-state index < -0.39 is 5.41 Å². The third-order valence-electron chi connectivity index (χ3n) is 7.88. The number of benzene rings is 5. The Kier molecular flexibility index (Phi) is 4.25. The normalized spacial score (nSPS) is 17.1. The van der Waals surface area contributed by atoms with Crippen LogP contribution in [-0.4, -0.2) is 5.71 Å². The van der Waals surface area contributed by atoms with Gasteiger partial charge in [0.2, 0.25) is 0 Å². The van der Waals surface area contributed by atoms with Crippen LogP contribution in [0.3, 0.4) is 0 Å². The fourth-order valence-electron chi connectivity index (χ4n) is 6.08. The molecule has 0 amide bonds. The molecule has 1 aliphatic heterocycles. The molecule has 1 nitrogen and oxygen atoms in total. The summed E-state index contributed by atoms with van der Waals surface area (Å²) in [4.78, 5) is 5.43. The Labute approximate surface area is 206 Å². The van der Waals surface area contributed by atoms with Gasteiger partial charge in [-0.25, -0.2) is 0 Å². The molecule has 1 spiro atoms. The minimum atomic E-state index is -0.439. The second-order valence-corrected chi connectivity index (χ2v) is 9.65. The molecule has 1 heteroatoms. The Morgan fingerprint density at radius 2 is 1.17 bits per heavy atom. The maximum Gasteiger partial charge on any atom is 0.0913 e. The van der Waals surface area contributed by atoms with Crippen molar-refractivity contribution >= 4 is 11.4 Å². The molecule has 0 N–H and O–H groups in total. The summed E-state index contributed by atoms with van der Waals surface area (Å²) < 4.78 is 0. The van der Waals surface area contributed by atoms with Gasteiger partial charge < -0.3 is 0 Å². The molecular formula is C34H25N. The molecule has 0 radical (unpaired) electrons. The summed E-state index contributed by atoms with van der Waals surface area (Å²) >= 11 is 0. The first kappa shape index (κ1) is 20.2. The molecule has 0 saturated heterocycles. The minimum absolute atomic E-state index is 0.439. The molecule has 0 aromatic heterocycles. The van der Waals surface area contributed by atoms with Crippen molar-refractivity contribution < 1.29 is 0 Å². The zero-order valence-corrected chi connectivity index (χ0v) is 19.9. The van der Waals surface area contributed by atoms with Crippen molar-refractivity contribution in [3.8, 4) is 22.3 Å². The topological polar surface area (TPSA) is 12.4 Å². The largest absolute Gasteiger partial charge is 0.251 e. The van der Waals surface area contributed by atoms with Crippen LogP contribution in [0.5, 0.6) is 0 Å². The summed E-state index contributed by atoms with van der Waals surface area (Å²) in [5.41, 5.74) is 14.5. The monoisotopic (exact) mass is 447 g/mol. The van der Waals surface area contributed by atoms with Crippen LogP contribution < -0.4 is 0 Å². The molecule has 1 unspecified atom stereocenters. The van der Waals surface area contributed by atoms with E-state index in [1.807, 2.05) is 0 Å². The van der Waals surface area contributed by atoms with E-state index in [2.05, 4.69) is 129 Å². The molecule has 2 aliphatic rings. The summed E-state index contributed by atoms with van der Waals surface area (Å²) in [5, 5.41) is 0. The SMILES string of the molecule is Cc1ccc2c(c1C)N=C(c1ccccc1)C21c2ccccc2-c2ccc(-c3ccccc3)cc21. The van der Waals surface area contributed by atoms with E-state index in [9.17, 15) is 0 Å². The molecule has 35 heavy (non-hydrogen) atoms. The number of rotatable bonds is 2. The van der Waals surface area contributed by atoms with E-state index in [0.29, 0.717) is 0 Å². The third kappa shape index (κ3) is 2.67. The Balaban J connectivity index is 1.63. The molecule has 0 fully saturated rings. The lowest BCUT2D eigenvalue weighted by Gasteiger charge is -2.31. The van der Waals surface area contributed by atoms with E-state index in [0.717, 1.165) is 11.4 Å². The zero-order valence-electron chi connectivity index (χ0n) is 19.9. The molecule has 5 aromatic rings. The molecular weight excluding hydrogens is 422 g/mol. The van der Waals surface area contributed by atoms with Gasteiger partial charge in [0.05, 0.1) is 16.8 Å². The lowest BCUT2D eigenvalue weighted by atomic mass is 9.68. The van der Waals surface area contributed by atoms with Gasteiger partial charge in [0, 0.05) is 0 Å². The van der Waals surface area contributed by atoms with Crippen LogP contribution in [0.2, 0.25) is 0 Å². The van der Waals surface area contributed by atoms with Crippen molar-refractivity contribution in [1.82, 2.24) is 0 Å². The lowest BCUT2D eigenvalue weighted by molar-refractivity contribution is 0.880. The number of aliphatic imine (C=N–C) groups is 1. The van der Waals surface area contributed by atoms with E-state index in [1.54, 1.807) is 0 Å². The highest BCUT2D eigenvalue weighted by atomic mass is 14.8. The highest BCUT2D eigenvalue weighted by Crippen LogP contribution is 2.60. The van der Waals surface area contributed by atoms with Crippen LogP contribution in [0.15, 0.2) is 120 Å². The van der Waals surface area contributed by atoms with E-state index in [4.69, 9.17) is 4.99 Å². The van der Waals surface area contributed by atoms with Gasteiger partial charge in [0.25, 0.3) is 0 Å². The Morgan fingerprint density at radius 3 is 1.94 bits per heavy atom. The molecule has 1 aliphatic carbocycles. The summed E-state index contributed by atoms with van der Waals surface area (Å²) in [6, 6.07) is 41.9. The predicted octanol–water partition coefficient (Wildman–Crippen LogP) is 8.42. The van der Waals surface area contributed by atoms with E-state index in [-0.39, 0.29) is 0 Å².